The third-order valence-electron chi connectivity index (χ3n) is 7.04. The molecule has 0 saturated carbocycles. The third kappa shape index (κ3) is 7.59. The van der Waals surface area contributed by atoms with Gasteiger partial charge in [-0.15, -0.1) is 11.3 Å². The molecule has 0 bridgehead atoms. The van der Waals surface area contributed by atoms with Crippen molar-refractivity contribution in [2.45, 2.75) is 98.9 Å². The average Bonchev–Trinajstić information content (AvgIpc) is 3.18. The number of allylic oxidation sites excluding steroid dienone is 1. The van der Waals surface area contributed by atoms with Crippen molar-refractivity contribution in [1.82, 2.24) is 4.98 Å². The van der Waals surface area contributed by atoms with Gasteiger partial charge in [-0.1, -0.05) is 39.3 Å². The van der Waals surface area contributed by atoms with Gasteiger partial charge < -0.3 is 14.9 Å². The summed E-state index contributed by atoms with van der Waals surface area (Å²) in [5.41, 5.74) is 1.71. The van der Waals surface area contributed by atoms with Crippen LogP contribution in [-0.2, 0) is 14.3 Å². The van der Waals surface area contributed by atoms with Crippen molar-refractivity contribution in [3.05, 3.63) is 33.3 Å². The molecular formula is C27H41NO5S. The number of cyclic esters (lactones) is 1. The van der Waals surface area contributed by atoms with Crippen molar-refractivity contribution in [3.8, 4) is 0 Å². The highest BCUT2D eigenvalue weighted by atomic mass is 32.1. The predicted molar refractivity (Wildman–Crippen MR) is 136 cm³/mol. The van der Waals surface area contributed by atoms with Gasteiger partial charge in [-0.25, -0.2) is 4.98 Å². The van der Waals surface area contributed by atoms with E-state index >= 15 is 0 Å². The second-order valence-electron chi connectivity index (χ2n) is 10.4. The van der Waals surface area contributed by atoms with Crippen LogP contribution in [0.4, 0.5) is 0 Å². The van der Waals surface area contributed by atoms with Crippen LogP contribution < -0.4 is 0 Å². The molecule has 3 unspecified atom stereocenters. The molecule has 1 aromatic heterocycles. The minimum Gasteiger partial charge on any atom is -0.457 e. The number of Topliss-reactive ketones (excluding diaryl/α,β-unsaturated/α-hetero) is 1. The van der Waals surface area contributed by atoms with E-state index in [1.807, 2.05) is 32.2 Å². The minimum atomic E-state index is -1.21. The standard InChI is InChI=1S/C27H41NO5S/c1-16-9-8-10-17(2)25(31)19(4)26(32)27(6,7)23(29)14-24(30)33-22(12-11-16)18(3)13-21-15-34-20(5)28-21/h11,13,15,17,19,22-23,25,29,31H,8-10,12,14H2,1-7H3/b16-11-,18-13+/t17?,19?,22-,23-,25?/m0/s1. The molecule has 0 aromatic carbocycles. The van der Waals surface area contributed by atoms with Crippen molar-refractivity contribution in [1.29, 1.82) is 0 Å². The maximum Gasteiger partial charge on any atom is 0.309 e. The summed E-state index contributed by atoms with van der Waals surface area (Å²) in [5.74, 6) is -1.49. The van der Waals surface area contributed by atoms with Crippen LogP contribution in [-0.4, -0.2) is 45.3 Å². The van der Waals surface area contributed by atoms with E-state index in [1.165, 1.54) is 5.57 Å². The van der Waals surface area contributed by atoms with E-state index in [-0.39, 0.29) is 18.1 Å². The Bertz CT molecular complexity index is 916. The van der Waals surface area contributed by atoms with Crippen LogP contribution in [0.25, 0.3) is 6.08 Å². The molecule has 0 aliphatic carbocycles. The van der Waals surface area contributed by atoms with E-state index in [0.717, 1.165) is 35.5 Å². The summed E-state index contributed by atoms with van der Waals surface area (Å²) in [6.07, 6.45) is 4.33. The first-order chi connectivity index (χ1) is 15.8. The van der Waals surface area contributed by atoms with Crippen molar-refractivity contribution in [2.75, 3.05) is 0 Å². The summed E-state index contributed by atoms with van der Waals surface area (Å²) >= 11 is 1.56. The van der Waals surface area contributed by atoms with E-state index in [9.17, 15) is 19.8 Å². The number of aromatic nitrogens is 1. The van der Waals surface area contributed by atoms with Crippen LogP contribution in [0, 0.1) is 24.2 Å². The van der Waals surface area contributed by atoms with Gasteiger partial charge in [0.1, 0.15) is 11.9 Å². The lowest BCUT2D eigenvalue weighted by Crippen LogP contribution is -2.45. The maximum absolute atomic E-state index is 13.2. The fourth-order valence-electron chi connectivity index (χ4n) is 4.40. The summed E-state index contributed by atoms with van der Waals surface area (Å²) < 4.78 is 5.81. The van der Waals surface area contributed by atoms with Crippen LogP contribution >= 0.6 is 11.3 Å². The first kappa shape index (κ1) is 28.4. The molecule has 5 atom stereocenters. The van der Waals surface area contributed by atoms with Crippen molar-refractivity contribution >= 4 is 29.2 Å². The number of hydrogen-bond acceptors (Lipinski definition) is 7. The van der Waals surface area contributed by atoms with Gasteiger partial charge in [-0.2, -0.15) is 0 Å². The highest BCUT2D eigenvalue weighted by molar-refractivity contribution is 7.09. The Morgan fingerprint density at radius 3 is 2.53 bits per heavy atom. The fourth-order valence-corrected chi connectivity index (χ4v) is 4.97. The molecule has 0 saturated heterocycles. The molecule has 0 amide bonds. The molecule has 2 heterocycles. The third-order valence-corrected chi connectivity index (χ3v) is 7.83. The fraction of sp³-hybridized carbons (Fsp3) is 0.667. The van der Waals surface area contributed by atoms with Gasteiger partial charge in [0.15, 0.2) is 0 Å². The molecule has 2 rings (SSSR count). The molecule has 7 heteroatoms. The molecule has 6 nitrogen and oxygen atoms in total. The molecule has 0 fully saturated rings. The lowest BCUT2D eigenvalue weighted by atomic mass is 9.73. The Hall–Kier alpha value is -1.83. The lowest BCUT2D eigenvalue weighted by Gasteiger charge is -2.34. The number of hydrogen-bond donors (Lipinski definition) is 2. The zero-order valence-corrected chi connectivity index (χ0v) is 22.4. The average molecular weight is 492 g/mol. The zero-order valence-electron chi connectivity index (χ0n) is 21.6. The molecule has 1 aliphatic rings. The van der Waals surface area contributed by atoms with Crippen LogP contribution in [0.5, 0.6) is 0 Å². The SMILES string of the molecule is C/C1=C/C[C@@H](/C(C)=C/c2csc(C)n2)OC(=O)C[C@H](O)C(C)(C)C(=O)C(C)C(O)C(C)CCC1. The number of aryl methyl sites for hydroxylation is 1. The van der Waals surface area contributed by atoms with Gasteiger partial charge in [-0.05, 0) is 57.6 Å². The van der Waals surface area contributed by atoms with Gasteiger partial charge in [0, 0.05) is 17.7 Å². The number of aliphatic hydroxyl groups excluding tert-OH is 2. The number of carbonyl (C=O) groups excluding carboxylic acids is 2. The number of esters is 1. The monoisotopic (exact) mass is 491 g/mol. The number of nitrogens with zero attached hydrogens (tertiary/aromatic N) is 1. The molecule has 0 radical (unpaired) electrons. The zero-order chi connectivity index (χ0) is 25.6. The number of ether oxygens (including phenoxy) is 1. The Balaban J connectivity index is 2.33. The van der Waals surface area contributed by atoms with Crippen molar-refractivity contribution < 1.29 is 24.5 Å². The van der Waals surface area contributed by atoms with Gasteiger partial charge >= 0.3 is 5.97 Å². The van der Waals surface area contributed by atoms with Gasteiger partial charge in [0.05, 0.1) is 34.7 Å². The topological polar surface area (TPSA) is 96.7 Å². The quantitative estimate of drug-likeness (QED) is 0.432. The van der Waals surface area contributed by atoms with Crippen LogP contribution in [0.3, 0.4) is 0 Å². The molecule has 34 heavy (non-hydrogen) atoms. The number of aliphatic hydroxyl groups is 2. The Labute approximate surface area is 208 Å². The highest BCUT2D eigenvalue weighted by Gasteiger charge is 2.42. The summed E-state index contributed by atoms with van der Waals surface area (Å²) in [7, 11) is 0. The van der Waals surface area contributed by atoms with E-state index in [0.29, 0.717) is 6.42 Å². The van der Waals surface area contributed by atoms with E-state index in [2.05, 4.69) is 18.0 Å². The second-order valence-corrected chi connectivity index (χ2v) is 11.5. The maximum atomic E-state index is 13.2. The molecule has 2 N–H and O–H groups in total. The van der Waals surface area contributed by atoms with E-state index in [4.69, 9.17) is 4.74 Å². The summed E-state index contributed by atoms with van der Waals surface area (Å²) in [6, 6.07) is 0. The predicted octanol–water partition coefficient (Wildman–Crippen LogP) is 5.27. The number of carbonyl (C=O) groups is 2. The van der Waals surface area contributed by atoms with Gasteiger partial charge in [-0.3, -0.25) is 9.59 Å². The Morgan fingerprint density at radius 2 is 1.91 bits per heavy atom. The molecule has 1 aliphatic heterocycles. The van der Waals surface area contributed by atoms with Crippen molar-refractivity contribution in [2.24, 2.45) is 17.3 Å². The van der Waals surface area contributed by atoms with E-state index < -0.39 is 35.6 Å². The Kier molecular flexibility index (Phi) is 10.2. The first-order valence-corrected chi connectivity index (χ1v) is 13.1. The smallest absolute Gasteiger partial charge is 0.309 e. The molecule has 190 valence electrons. The number of ketones is 1. The number of thiazole rings is 1. The normalized spacial score (nSPS) is 32.1. The van der Waals surface area contributed by atoms with Crippen LogP contribution in [0.15, 0.2) is 22.6 Å². The highest BCUT2D eigenvalue weighted by Crippen LogP contribution is 2.32. The lowest BCUT2D eigenvalue weighted by molar-refractivity contribution is -0.154. The first-order valence-electron chi connectivity index (χ1n) is 12.2. The summed E-state index contributed by atoms with van der Waals surface area (Å²) in [5, 5.41) is 24.5. The van der Waals surface area contributed by atoms with Crippen LogP contribution in [0.2, 0.25) is 0 Å². The molecular weight excluding hydrogens is 450 g/mol. The van der Waals surface area contributed by atoms with E-state index in [1.54, 1.807) is 32.1 Å². The summed E-state index contributed by atoms with van der Waals surface area (Å²) in [4.78, 5) is 30.5. The summed E-state index contributed by atoms with van der Waals surface area (Å²) in [6.45, 7) is 12.8. The minimum absolute atomic E-state index is 0.0444. The van der Waals surface area contributed by atoms with Crippen LogP contribution in [0.1, 0.15) is 84.3 Å². The van der Waals surface area contributed by atoms with Crippen molar-refractivity contribution in [3.63, 3.8) is 0 Å². The van der Waals surface area contributed by atoms with Gasteiger partial charge in [0.2, 0.25) is 0 Å². The van der Waals surface area contributed by atoms with Gasteiger partial charge in [0.25, 0.3) is 0 Å². The second kappa shape index (κ2) is 12.2. The Morgan fingerprint density at radius 1 is 1.24 bits per heavy atom. The largest absolute Gasteiger partial charge is 0.457 e. The molecule has 1 aromatic rings. The molecule has 0 spiro atoms. The number of rotatable bonds is 2.